The predicted molar refractivity (Wildman–Crippen MR) is 148 cm³/mol. The highest BCUT2D eigenvalue weighted by Crippen LogP contribution is 2.38. The molecule has 1 fully saturated rings. The molecule has 2 aromatic rings. The molecule has 0 bridgehead atoms. The van der Waals surface area contributed by atoms with Crippen molar-refractivity contribution in [3.05, 3.63) is 57.9 Å². The van der Waals surface area contributed by atoms with Gasteiger partial charge in [-0.05, 0) is 53.1 Å². The van der Waals surface area contributed by atoms with Crippen LogP contribution in [-0.4, -0.2) is 79.1 Å². The maximum absolute atomic E-state index is 15.2. The summed E-state index contributed by atoms with van der Waals surface area (Å²) in [6.45, 7) is 8.39. The summed E-state index contributed by atoms with van der Waals surface area (Å²) in [7, 11) is 2.78. The first kappa shape index (κ1) is 29.5. The Bertz CT molecular complexity index is 1300. The van der Waals surface area contributed by atoms with Crippen LogP contribution in [0.4, 0.5) is 4.39 Å². The Morgan fingerprint density at radius 3 is 2.40 bits per heavy atom. The minimum absolute atomic E-state index is 0.0537. The van der Waals surface area contributed by atoms with Gasteiger partial charge in [0, 0.05) is 31.7 Å². The fourth-order valence-corrected chi connectivity index (χ4v) is 5.28. The third kappa shape index (κ3) is 6.45. The molecular weight excluding hydrogens is 517 g/mol. The predicted octanol–water partition coefficient (Wildman–Crippen LogP) is 4.23. The van der Waals surface area contributed by atoms with Crippen molar-refractivity contribution in [2.45, 2.75) is 58.2 Å². The molecular formula is C30H38FN3O6. The summed E-state index contributed by atoms with van der Waals surface area (Å²) in [5.41, 5.74) is 3.13. The average Bonchev–Trinajstić information content (AvgIpc) is 3.22. The number of ether oxygens (including phenoxy) is 3. The van der Waals surface area contributed by atoms with E-state index in [1.807, 2.05) is 12.1 Å². The Morgan fingerprint density at radius 2 is 1.80 bits per heavy atom. The number of hydrogen-bond acceptors (Lipinski definition) is 7. The zero-order valence-corrected chi connectivity index (χ0v) is 23.8. The Kier molecular flexibility index (Phi) is 8.80. The van der Waals surface area contributed by atoms with Gasteiger partial charge in [-0.25, -0.2) is 9.18 Å². The lowest BCUT2D eigenvalue weighted by molar-refractivity contribution is -0.145. The first-order valence-electron chi connectivity index (χ1n) is 13.4. The smallest absolute Gasteiger partial charge is 0.329 e. The van der Waals surface area contributed by atoms with Crippen molar-refractivity contribution in [1.29, 1.82) is 5.41 Å². The first-order valence-corrected chi connectivity index (χ1v) is 13.4. The lowest BCUT2D eigenvalue weighted by Crippen LogP contribution is -2.37. The number of carbonyl (C=O) groups excluding carboxylic acids is 1. The maximum Gasteiger partial charge on any atom is 0.329 e. The van der Waals surface area contributed by atoms with Gasteiger partial charge in [0.1, 0.15) is 12.4 Å². The number of nitrogens with zero attached hydrogens (tertiary/aromatic N) is 2. The molecule has 1 saturated heterocycles. The number of carboxylic acids is 1. The average molecular weight is 556 g/mol. The second-order valence-electron chi connectivity index (χ2n) is 11.4. The van der Waals surface area contributed by atoms with Crippen molar-refractivity contribution in [3.63, 3.8) is 0 Å². The number of aliphatic carboxylic acids is 1. The van der Waals surface area contributed by atoms with E-state index in [0.717, 1.165) is 37.1 Å². The molecule has 2 aromatic carbocycles. The number of halogens is 1. The third-order valence-electron chi connectivity index (χ3n) is 7.51. The highest BCUT2D eigenvalue weighted by atomic mass is 19.1. The third-order valence-corrected chi connectivity index (χ3v) is 7.51. The van der Waals surface area contributed by atoms with Gasteiger partial charge < -0.3 is 24.2 Å². The zero-order valence-electron chi connectivity index (χ0n) is 23.8. The second kappa shape index (κ2) is 11.9. The number of benzene rings is 2. The van der Waals surface area contributed by atoms with Crippen LogP contribution in [0.5, 0.6) is 11.5 Å². The number of nitrogens with one attached hydrogen (secondary N) is 1. The highest BCUT2D eigenvalue weighted by molar-refractivity contribution is 6.06. The Balaban J connectivity index is 1.50. The van der Waals surface area contributed by atoms with E-state index in [4.69, 9.17) is 24.7 Å². The molecule has 216 valence electrons. The molecule has 4 rings (SSSR count). The lowest BCUT2D eigenvalue weighted by Gasteiger charge is -2.32. The van der Waals surface area contributed by atoms with Gasteiger partial charge in [-0.15, -0.1) is 0 Å². The molecule has 0 aliphatic carbocycles. The molecule has 2 aliphatic rings. The van der Waals surface area contributed by atoms with Crippen LogP contribution in [0.3, 0.4) is 0 Å². The molecule has 0 saturated carbocycles. The standard InChI is InChI=1S/C30H38FN3O6/c1-30(2,3)21-11-18(14-33-8-6-22(7-9-33)40-17-25(36)37)10-19(12-21)23(35)16-34-15-20-13-24(38-4)28(39-5)27(31)26(20)29(34)32/h10-13,22,32H,6-9,14-17H2,1-5H3,(H,36,37). The summed E-state index contributed by atoms with van der Waals surface area (Å²) >= 11 is 0. The molecule has 9 nitrogen and oxygen atoms in total. The number of Topliss-reactive ketones (excluding diaryl/α,β-unsaturated/α-hetero) is 1. The normalized spacial score (nSPS) is 16.2. The van der Waals surface area contributed by atoms with Gasteiger partial charge in [0.15, 0.2) is 23.1 Å². The number of hydrogen-bond donors (Lipinski definition) is 2. The summed E-state index contributed by atoms with van der Waals surface area (Å²) < 4.78 is 31.0. The number of ketones is 1. The monoisotopic (exact) mass is 555 g/mol. The van der Waals surface area contributed by atoms with Gasteiger partial charge in [0.2, 0.25) is 0 Å². The van der Waals surface area contributed by atoms with Crippen LogP contribution in [0, 0.1) is 11.2 Å². The van der Waals surface area contributed by atoms with Crippen molar-refractivity contribution in [1.82, 2.24) is 9.80 Å². The van der Waals surface area contributed by atoms with Crippen LogP contribution in [0.1, 0.15) is 66.2 Å². The van der Waals surface area contributed by atoms with Gasteiger partial charge in [0.25, 0.3) is 0 Å². The molecule has 2 aliphatic heterocycles. The molecule has 0 atom stereocenters. The van der Waals surface area contributed by atoms with E-state index in [1.165, 1.54) is 14.2 Å². The van der Waals surface area contributed by atoms with Gasteiger partial charge >= 0.3 is 5.97 Å². The topological polar surface area (TPSA) is 112 Å². The summed E-state index contributed by atoms with van der Waals surface area (Å²) in [5, 5.41) is 17.4. The Hall–Kier alpha value is -3.50. The lowest BCUT2D eigenvalue weighted by atomic mass is 9.84. The van der Waals surface area contributed by atoms with E-state index in [1.54, 1.807) is 11.0 Å². The number of carbonyl (C=O) groups is 2. The highest BCUT2D eigenvalue weighted by Gasteiger charge is 2.33. The van der Waals surface area contributed by atoms with E-state index in [9.17, 15) is 9.59 Å². The molecule has 0 unspecified atom stereocenters. The molecule has 10 heteroatoms. The van der Waals surface area contributed by atoms with Crippen molar-refractivity contribution >= 4 is 17.6 Å². The number of likely N-dealkylation sites (tertiary alicyclic amines) is 1. The SMILES string of the molecule is COc1cc2c(c(F)c1OC)C(=N)N(CC(=O)c1cc(CN3CCC(OCC(=O)O)CC3)cc(C(C)(C)C)c1)C2. The van der Waals surface area contributed by atoms with Crippen LogP contribution in [0.15, 0.2) is 24.3 Å². The molecule has 2 N–H and O–H groups in total. The summed E-state index contributed by atoms with van der Waals surface area (Å²) in [4.78, 5) is 28.2. The number of carboxylic acid groups (broad SMARTS) is 1. The molecule has 40 heavy (non-hydrogen) atoms. The van der Waals surface area contributed by atoms with Crippen molar-refractivity contribution in [2.75, 3.05) is 40.5 Å². The minimum atomic E-state index is -0.962. The van der Waals surface area contributed by atoms with Crippen molar-refractivity contribution in [3.8, 4) is 11.5 Å². The second-order valence-corrected chi connectivity index (χ2v) is 11.4. The van der Waals surface area contributed by atoms with E-state index >= 15 is 4.39 Å². The van der Waals surface area contributed by atoms with Crippen LogP contribution in [0.25, 0.3) is 0 Å². The minimum Gasteiger partial charge on any atom is -0.493 e. The number of methoxy groups -OCH3 is 2. The van der Waals surface area contributed by atoms with E-state index in [0.29, 0.717) is 17.7 Å². The molecule has 0 spiro atoms. The van der Waals surface area contributed by atoms with E-state index in [-0.39, 0.29) is 59.9 Å². The van der Waals surface area contributed by atoms with Crippen molar-refractivity contribution < 1.29 is 33.3 Å². The molecule has 0 amide bonds. The Labute approximate surface area is 234 Å². The number of amidine groups is 1. The van der Waals surface area contributed by atoms with Crippen molar-refractivity contribution in [2.24, 2.45) is 0 Å². The maximum atomic E-state index is 15.2. The van der Waals surface area contributed by atoms with Crippen LogP contribution in [0.2, 0.25) is 0 Å². The number of rotatable bonds is 10. The van der Waals surface area contributed by atoms with E-state index < -0.39 is 11.8 Å². The molecule has 2 heterocycles. The quantitative estimate of drug-likeness (QED) is 0.419. The number of fused-ring (bicyclic) bond motifs is 1. The van der Waals surface area contributed by atoms with Crippen LogP contribution >= 0.6 is 0 Å². The van der Waals surface area contributed by atoms with Gasteiger partial charge in [-0.2, -0.15) is 0 Å². The summed E-state index contributed by atoms with van der Waals surface area (Å²) in [6.07, 6.45) is 1.44. The Morgan fingerprint density at radius 1 is 1.10 bits per heavy atom. The van der Waals surface area contributed by atoms with Gasteiger partial charge in [-0.3, -0.25) is 15.1 Å². The first-order chi connectivity index (χ1) is 18.9. The van der Waals surface area contributed by atoms with E-state index in [2.05, 4.69) is 31.7 Å². The zero-order chi connectivity index (χ0) is 29.2. The fraction of sp³-hybridized carbons (Fsp3) is 0.500. The number of piperidine rings is 1. The molecule has 0 aromatic heterocycles. The van der Waals surface area contributed by atoms with Gasteiger partial charge in [0.05, 0.1) is 32.4 Å². The van der Waals surface area contributed by atoms with Gasteiger partial charge in [-0.1, -0.05) is 26.8 Å². The van der Waals surface area contributed by atoms with Crippen LogP contribution < -0.4 is 9.47 Å². The van der Waals surface area contributed by atoms with Crippen LogP contribution in [-0.2, 0) is 28.0 Å². The largest absolute Gasteiger partial charge is 0.493 e. The summed E-state index contributed by atoms with van der Waals surface area (Å²) in [5.74, 6) is -1.63. The molecule has 0 radical (unpaired) electrons. The fourth-order valence-electron chi connectivity index (χ4n) is 5.28. The summed E-state index contributed by atoms with van der Waals surface area (Å²) in [6, 6.07) is 7.61.